The number of aliphatic hydroxyl groups excluding tert-OH is 5. The molecule has 0 aromatic heterocycles. The van der Waals surface area contributed by atoms with Gasteiger partial charge in [-0.25, -0.2) is 0 Å². The molecule has 2 rings (SSSR count). The smallest absolute Gasteiger partial charge is 0.321 e. The van der Waals surface area contributed by atoms with Crippen LogP contribution in [0.15, 0.2) is 0 Å². The maximum Gasteiger partial charge on any atom is 0.321 e. The van der Waals surface area contributed by atoms with E-state index in [9.17, 15) is 25.2 Å². The lowest BCUT2D eigenvalue weighted by Crippen LogP contribution is -2.64. The van der Waals surface area contributed by atoms with E-state index >= 15 is 0 Å². The van der Waals surface area contributed by atoms with Crippen molar-refractivity contribution in [3.8, 4) is 0 Å². The first-order valence-electron chi connectivity index (χ1n) is 6.34. The Morgan fingerprint density at radius 2 is 1.80 bits per heavy atom. The number of rotatable bonds is 3. The Hall–Kier alpha value is -0.810. The van der Waals surface area contributed by atoms with Gasteiger partial charge in [-0.2, -0.15) is 0 Å². The van der Waals surface area contributed by atoms with E-state index in [-0.39, 0.29) is 13.0 Å². The first-order valence-corrected chi connectivity index (χ1v) is 6.34. The molecule has 0 bridgehead atoms. The summed E-state index contributed by atoms with van der Waals surface area (Å²) >= 11 is 0. The fourth-order valence-corrected chi connectivity index (χ4v) is 2.72. The molecule has 9 nitrogen and oxygen atoms in total. The fraction of sp³-hybridized carbons (Fsp3) is 0.909. The van der Waals surface area contributed by atoms with Crippen LogP contribution in [0.3, 0.4) is 0 Å². The van der Waals surface area contributed by atoms with E-state index in [4.69, 9.17) is 14.9 Å². The van der Waals surface area contributed by atoms with Crippen molar-refractivity contribution in [3.05, 3.63) is 0 Å². The van der Waals surface area contributed by atoms with Crippen LogP contribution in [0.25, 0.3) is 0 Å². The Labute approximate surface area is 114 Å². The van der Waals surface area contributed by atoms with Gasteiger partial charge in [0.25, 0.3) is 0 Å². The minimum Gasteiger partial charge on any atom is -0.480 e. The van der Waals surface area contributed by atoms with Crippen LogP contribution in [0.5, 0.6) is 0 Å². The van der Waals surface area contributed by atoms with E-state index in [2.05, 4.69) is 0 Å². The third kappa shape index (κ3) is 2.66. The zero-order chi connectivity index (χ0) is 15.0. The number of likely N-dealkylation sites (tertiary alicyclic amines) is 1. The summed E-state index contributed by atoms with van der Waals surface area (Å²) in [6.07, 6.45) is -7.84. The molecule has 2 saturated heterocycles. The van der Waals surface area contributed by atoms with Crippen LogP contribution in [-0.2, 0) is 9.53 Å². The van der Waals surface area contributed by atoms with Gasteiger partial charge in [-0.05, 0) is 0 Å². The normalized spacial score (nSPS) is 46.5. The Morgan fingerprint density at radius 3 is 2.35 bits per heavy atom. The second-order valence-corrected chi connectivity index (χ2v) is 5.16. The molecule has 20 heavy (non-hydrogen) atoms. The minimum atomic E-state index is -1.57. The Bertz CT molecular complexity index is 364. The van der Waals surface area contributed by atoms with Crippen molar-refractivity contribution in [2.24, 2.45) is 0 Å². The fourth-order valence-electron chi connectivity index (χ4n) is 2.72. The van der Waals surface area contributed by atoms with Crippen molar-refractivity contribution in [3.63, 3.8) is 0 Å². The quantitative estimate of drug-likeness (QED) is 0.309. The van der Waals surface area contributed by atoms with Gasteiger partial charge in [0, 0.05) is 13.0 Å². The van der Waals surface area contributed by atoms with Crippen LogP contribution >= 0.6 is 0 Å². The lowest BCUT2D eigenvalue weighted by atomic mass is 9.97. The highest BCUT2D eigenvalue weighted by Gasteiger charge is 2.50. The second-order valence-electron chi connectivity index (χ2n) is 5.16. The molecular weight excluding hydrogens is 274 g/mol. The summed E-state index contributed by atoms with van der Waals surface area (Å²) in [7, 11) is 0. The van der Waals surface area contributed by atoms with E-state index in [1.54, 1.807) is 0 Å². The Morgan fingerprint density at radius 1 is 1.15 bits per heavy atom. The molecule has 0 spiro atoms. The minimum absolute atomic E-state index is 0.0235. The van der Waals surface area contributed by atoms with Gasteiger partial charge < -0.3 is 35.4 Å². The van der Waals surface area contributed by atoms with Crippen molar-refractivity contribution in [2.45, 2.75) is 49.2 Å². The number of β-amino-alcohol motifs (C(OH)–C–C–N with tert-alkyl or cyclic N) is 1. The highest BCUT2D eigenvalue weighted by molar-refractivity contribution is 5.74. The average Bonchev–Trinajstić information content (AvgIpc) is 2.78. The summed E-state index contributed by atoms with van der Waals surface area (Å²) in [6, 6.07) is -1.06. The average molecular weight is 293 g/mol. The predicted octanol–water partition coefficient (Wildman–Crippen LogP) is -3.69. The zero-order valence-corrected chi connectivity index (χ0v) is 10.6. The van der Waals surface area contributed by atoms with Crippen molar-refractivity contribution in [1.82, 2.24) is 4.90 Å². The molecule has 2 fully saturated rings. The van der Waals surface area contributed by atoms with E-state index in [0.29, 0.717) is 0 Å². The lowest BCUT2D eigenvalue weighted by Gasteiger charge is -2.44. The van der Waals surface area contributed by atoms with E-state index in [1.807, 2.05) is 0 Å². The number of aliphatic carboxylic acids is 1. The van der Waals surface area contributed by atoms with Gasteiger partial charge in [-0.1, -0.05) is 0 Å². The molecule has 0 amide bonds. The molecule has 116 valence electrons. The summed E-state index contributed by atoms with van der Waals surface area (Å²) in [5.74, 6) is -1.18. The van der Waals surface area contributed by atoms with Crippen LogP contribution in [0.4, 0.5) is 0 Å². The van der Waals surface area contributed by atoms with Crippen LogP contribution in [0.2, 0.25) is 0 Å². The van der Waals surface area contributed by atoms with Gasteiger partial charge in [0.05, 0.1) is 12.7 Å². The lowest BCUT2D eigenvalue weighted by molar-refractivity contribution is -0.267. The number of hydrogen-bond donors (Lipinski definition) is 6. The van der Waals surface area contributed by atoms with Crippen molar-refractivity contribution < 1.29 is 40.2 Å². The van der Waals surface area contributed by atoms with Crippen molar-refractivity contribution >= 4 is 5.97 Å². The highest BCUT2D eigenvalue weighted by Crippen LogP contribution is 2.29. The molecule has 0 aromatic rings. The number of carboxylic acids is 1. The molecule has 7 atom stereocenters. The first kappa shape index (κ1) is 15.6. The summed E-state index contributed by atoms with van der Waals surface area (Å²) in [4.78, 5) is 12.4. The molecule has 0 radical (unpaired) electrons. The van der Waals surface area contributed by atoms with E-state index < -0.39 is 55.4 Å². The van der Waals surface area contributed by atoms with Crippen LogP contribution in [0, 0.1) is 0 Å². The predicted molar refractivity (Wildman–Crippen MR) is 62.5 cm³/mol. The SMILES string of the molecule is O=C(O)[C@@H]1C[C@@H](O)CN1[C@@H]1O[C@H](CO)[C@H](O)[C@H](O)[C@H]1O. The Balaban J connectivity index is 2.19. The molecule has 6 N–H and O–H groups in total. The summed E-state index contributed by atoms with van der Waals surface area (Å²) in [5.41, 5.74) is 0. The van der Waals surface area contributed by atoms with Crippen LogP contribution in [0.1, 0.15) is 6.42 Å². The molecule has 2 aliphatic heterocycles. The highest BCUT2D eigenvalue weighted by atomic mass is 16.6. The topological polar surface area (TPSA) is 151 Å². The van der Waals surface area contributed by atoms with Gasteiger partial charge in [0.2, 0.25) is 0 Å². The monoisotopic (exact) mass is 293 g/mol. The standard InChI is InChI=1S/C11H19NO8/c13-3-6-7(15)8(16)9(17)10(20-6)12-2-4(14)1-5(12)11(18)19/h4-10,13-17H,1-3H2,(H,18,19)/t4-,5+,6-,7+,8+,9-,10-/m1/s1. The molecule has 2 aliphatic rings. The van der Waals surface area contributed by atoms with Gasteiger partial charge in [-0.3, -0.25) is 9.69 Å². The number of ether oxygens (including phenoxy) is 1. The third-order valence-electron chi connectivity index (χ3n) is 3.80. The molecule has 2 heterocycles. The number of hydrogen-bond acceptors (Lipinski definition) is 8. The van der Waals surface area contributed by atoms with Crippen LogP contribution in [-0.4, -0.2) is 97.4 Å². The Kier molecular flexibility index (Phi) is 4.59. The molecule has 0 unspecified atom stereocenters. The maximum absolute atomic E-state index is 11.2. The molecule has 0 saturated carbocycles. The zero-order valence-electron chi connectivity index (χ0n) is 10.6. The summed E-state index contributed by atoms with van der Waals surface area (Å²) in [5, 5.41) is 57.1. The third-order valence-corrected chi connectivity index (χ3v) is 3.80. The van der Waals surface area contributed by atoms with Gasteiger partial charge in [0.1, 0.15) is 36.7 Å². The second kappa shape index (κ2) is 5.90. The molecule has 0 aromatic carbocycles. The molecular formula is C11H19NO8. The number of aliphatic hydroxyl groups is 5. The van der Waals surface area contributed by atoms with Gasteiger partial charge >= 0.3 is 5.97 Å². The summed E-state index contributed by atoms with van der Waals surface area (Å²) in [6.45, 7) is -0.630. The van der Waals surface area contributed by atoms with Crippen molar-refractivity contribution in [1.29, 1.82) is 0 Å². The number of carboxylic acid groups (broad SMARTS) is 1. The van der Waals surface area contributed by atoms with Gasteiger partial charge in [-0.15, -0.1) is 0 Å². The largest absolute Gasteiger partial charge is 0.480 e. The van der Waals surface area contributed by atoms with Gasteiger partial charge in [0.15, 0.2) is 0 Å². The number of carbonyl (C=O) groups is 1. The first-order chi connectivity index (χ1) is 9.36. The molecule has 9 heteroatoms. The van der Waals surface area contributed by atoms with Crippen LogP contribution < -0.4 is 0 Å². The van der Waals surface area contributed by atoms with E-state index in [1.165, 1.54) is 4.90 Å². The van der Waals surface area contributed by atoms with E-state index in [0.717, 1.165) is 0 Å². The maximum atomic E-state index is 11.2. The summed E-state index contributed by atoms with van der Waals surface area (Å²) < 4.78 is 5.28. The molecule has 0 aliphatic carbocycles. The number of nitrogens with zero attached hydrogens (tertiary/aromatic N) is 1. The van der Waals surface area contributed by atoms with Crippen molar-refractivity contribution in [2.75, 3.05) is 13.2 Å².